The molecule has 1 aromatic carbocycles. The standard InChI is InChI=1S/C19H14FN4/c20-16-6-2-1-4-14(16)13-10-22-18(23-11-13)24-12-19(7-8-19)15-5-3-9-21-17(15)24/h1-6,10-11H,7-8,12H2. The van der Waals surface area contributed by atoms with Crippen LogP contribution in [0.25, 0.3) is 11.1 Å². The van der Waals surface area contributed by atoms with Crippen molar-refractivity contribution in [3.8, 4) is 11.1 Å². The van der Waals surface area contributed by atoms with Gasteiger partial charge in [0, 0.05) is 41.0 Å². The molecule has 1 aliphatic heterocycles. The summed E-state index contributed by atoms with van der Waals surface area (Å²) in [5, 5.41) is 0. The van der Waals surface area contributed by atoms with Crippen LogP contribution in [0.1, 0.15) is 18.4 Å². The maximum atomic E-state index is 13.9. The molecular weight excluding hydrogens is 303 g/mol. The van der Waals surface area contributed by atoms with E-state index in [1.807, 2.05) is 11.0 Å². The molecule has 2 aromatic heterocycles. The normalized spacial score (nSPS) is 17.1. The predicted octanol–water partition coefficient (Wildman–Crippen LogP) is 3.66. The van der Waals surface area contributed by atoms with Crippen LogP contribution in [0.4, 0.5) is 16.2 Å². The Kier molecular flexibility index (Phi) is 2.74. The van der Waals surface area contributed by atoms with E-state index in [1.54, 1.807) is 30.6 Å². The number of hydrogen-bond acceptors (Lipinski definition) is 4. The van der Waals surface area contributed by atoms with Crippen molar-refractivity contribution in [3.63, 3.8) is 0 Å². The van der Waals surface area contributed by atoms with Crippen LogP contribution < -0.4 is 4.90 Å². The first-order valence-electron chi connectivity index (χ1n) is 7.99. The molecule has 2 aliphatic rings. The van der Waals surface area contributed by atoms with Gasteiger partial charge in [-0.1, -0.05) is 24.3 Å². The summed E-state index contributed by atoms with van der Waals surface area (Å²) < 4.78 is 13.9. The number of nitrogens with zero attached hydrogens (tertiary/aromatic N) is 4. The van der Waals surface area contributed by atoms with E-state index < -0.39 is 0 Å². The molecule has 1 fully saturated rings. The van der Waals surface area contributed by atoms with Crippen LogP contribution in [-0.4, -0.2) is 21.5 Å². The van der Waals surface area contributed by atoms with Gasteiger partial charge in [0.25, 0.3) is 0 Å². The lowest BCUT2D eigenvalue weighted by molar-refractivity contribution is 0.631. The monoisotopic (exact) mass is 317 g/mol. The molecule has 0 saturated heterocycles. The summed E-state index contributed by atoms with van der Waals surface area (Å²) >= 11 is 0. The summed E-state index contributed by atoms with van der Waals surface area (Å²) in [6.45, 7) is 0.853. The van der Waals surface area contributed by atoms with Gasteiger partial charge < -0.3 is 0 Å². The average Bonchev–Trinajstić information content (AvgIpc) is 3.33. The predicted molar refractivity (Wildman–Crippen MR) is 88.4 cm³/mol. The molecule has 0 amide bonds. The number of halogens is 1. The highest BCUT2D eigenvalue weighted by molar-refractivity contribution is 5.68. The maximum absolute atomic E-state index is 13.9. The zero-order valence-corrected chi connectivity index (χ0v) is 12.9. The minimum atomic E-state index is -0.270. The van der Waals surface area contributed by atoms with Crippen molar-refractivity contribution in [2.45, 2.75) is 18.3 Å². The number of benzene rings is 1. The molecule has 24 heavy (non-hydrogen) atoms. The molecular formula is C19H14FN4. The van der Waals surface area contributed by atoms with E-state index in [4.69, 9.17) is 0 Å². The Hall–Kier alpha value is -2.82. The first-order chi connectivity index (χ1) is 11.8. The molecule has 5 heteroatoms. The number of fused-ring (bicyclic) bond motifs is 2. The molecule has 1 aliphatic carbocycles. The molecule has 0 bridgehead atoms. The van der Waals surface area contributed by atoms with Gasteiger partial charge in [-0.15, -0.1) is 0 Å². The third-order valence-electron chi connectivity index (χ3n) is 4.94. The van der Waals surface area contributed by atoms with Gasteiger partial charge in [-0.25, -0.2) is 19.3 Å². The highest BCUT2D eigenvalue weighted by Gasteiger charge is 2.53. The largest absolute Gasteiger partial charge is 0.294 e. The van der Waals surface area contributed by atoms with Crippen LogP contribution in [0.15, 0.2) is 48.8 Å². The van der Waals surface area contributed by atoms with Crippen LogP contribution in [0, 0.1) is 12.0 Å². The van der Waals surface area contributed by atoms with Crippen molar-refractivity contribution in [2.75, 3.05) is 11.4 Å². The zero-order valence-electron chi connectivity index (χ0n) is 12.9. The quantitative estimate of drug-likeness (QED) is 0.723. The Morgan fingerprint density at radius 1 is 1.08 bits per heavy atom. The Labute approximate surface area is 139 Å². The van der Waals surface area contributed by atoms with Crippen LogP contribution in [-0.2, 0) is 5.41 Å². The first-order valence-corrected chi connectivity index (χ1v) is 7.99. The smallest absolute Gasteiger partial charge is 0.231 e. The van der Waals surface area contributed by atoms with Gasteiger partial charge in [0.15, 0.2) is 0 Å². The molecule has 1 radical (unpaired) electrons. The second kappa shape index (κ2) is 4.84. The van der Waals surface area contributed by atoms with Crippen molar-refractivity contribution in [2.24, 2.45) is 0 Å². The number of aromatic nitrogens is 3. The fourth-order valence-electron chi connectivity index (χ4n) is 3.47. The van der Waals surface area contributed by atoms with Crippen LogP contribution in [0.2, 0.25) is 0 Å². The molecule has 5 rings (SSSR count). The lowest BCUT2D eigenvalue weighted by Crippen LogP contribution is -2.21. The van der Waals surface area contributed by atoms with Gasteiger partial charge in [-0.3, -0.25) is 4.90 Å². The maximum Gasteiger partial charge on any atom is 0.231 e. The summed E-state index contributed by atoms with van der Waals surface area (Å²) in [5.41, 5.74) is 2.66. The van der Waals surface area contributed by atoms with Crippen LogP contribution in [0.5, 0.6) is 0 Å². The van der Waals surface area contributed by atoms with Gasteiger partial charge in [-0.2, -0.15) is 0 Å². The van der Waals surface area contributed by atoms with Crippen LogP contribution in [0.3, 0.4) is 0 Å². The van der Waals surface area contributed by atoms with E-state index in [9.17, 15) is 4.39 Å². The molecule has 117 valence electrons. The first kappa shape index (κ1) is 13.6. The lowest BCUT2D eigenvalue weighted by Gasteiger charge is -2.16. The number of rotatable bonds is 2. The second-order valence-electron chi connectivity index (χ2n) is 6.43. The molecule has 1 spiro atoms. The molecule has 0 N–H and O–H groups in total. The van der Waals surface area contributed by atoms with Gasteiger partial charge in [0.1, 0.15) is 11.6 Å². The topological polar surface area (TPSA) is 41.9 Å². The molecule has 3 aromatic rings. The number of anilines is 2. The fourth-order valence-corrected chi connectivity index (χ4v) is 3.47. The fraction of sp³-hybridized carbons (Fsp3) is 0.211. The molecule has 0 atom stereocenters. The minimum absolute atomic E-state index is 0.213. The Morgan fingerprint density at radius 2 is 1.88 bits per heavy atom. The Balaban J connectivity index is 1.52. The molecule has 1 saturated carbocycles. The SMILES string of the molecule is Fc1ccccc1-c1cnc(N2CC3(CC3)c3cc[c]nc32)nc1. The van der Waals surface area contributed by atoms with Crippen molar-refractivity contribution >= 4 is 11.8 Å². The minimum Gasteiger partial charge on any atom is -0.294 e. The van der Waals surface area contributed by atoms with Gasteiger partial charge >= 0.3 is 0 Å². The Morgan fingerprint density at radius 3 is 2.62 bits per heavy atom. The average molecular weight is 317 g/mol. The van der Waals surface area contributed by atoms with Gasteiger partial charge in [0.2, 0.25) is 5.95 Å². The molecule has 3 heterocycles. The van der Waals surface area contributed by atoms with E-state index in [-0.39, 0.29) is 11.2 Å². The third-order valence-corrected chi connectivity index (χ3v) is 4.94. The summed E-state index contributed by atoms with van der Waals surface area (Å²) in [5.74, 6) is 1.23. The highest BCUT2D eigenvalue weighted by atomic mass is 19.1. The second-order valence-corrected chi connectivity index (χ2v) is 6.43. The number of pyridine rings is 1. The van der Waals surface area contributed by atoms with E-state index in [0.717, 1.165) is 12.4 Å². The van der Waals surface area contributed by atoms with E-state index in [1.165, 1.54) is 24.5 Å². The summed E-state index contributed by atoms with van der Waals surface area (Å²) in [6, 6.07) is 10.6. The van der Waals surface area contributed by atoms with Crippen LogP contribution >= 0.6 is 0 Å². The summed E-state index contributed by atoms with van der Waals surface area (Å²) in [6.07, 6.45) is 8.60. The highest BCUT2D eigenvalue weighted by Crippen LogP contribution is 2.56. The van der Waals surface area contributed by atoms with Crippen molar-refractivity contribution in [3.05, 3.63) is 66.4 Å². The van der Waals surface area contributed by atoms with Gasteiger partial charge in [-0.05, 0) is 25.0 Å². The summed E-state index contributed by atoms with van der Waals surface area (Å²) in [7, 11) is 0. The van der Waals surface area contributed by atoms with E-state index in [0.29, 0.717) is 17.1 Å². The van der Waals surface area contributed by atoms with E-state index in [2.05, 4.69) is 27.2 Å². The van der Waals surface area contributed by atoms with Gasteiger partial charge in [0.05, 0.1) is 6.20 Å². The third kappa shape index (κ3) is 1.94. The van der Waals surface area contributed by atoms with Crippen molar-refractivity contribution < 1.29 is 4.39 Å². The van der Waals surface area contributed by atoms with E-state index >= 15 is 0 Å². The molecule has 4 nitrogen and oxygen atoms in total. The van der Waals surface area contributed by atoms with Crippen molar-refractivity contribution in [1.29, 1.82) is 0 Å². The summed E-state index contributed by atoms with van der Waals surface area (Å²) in [4.78, 5) is 15.4. The lowest BCUT2D eigenvalue weighted by atomic mass is 10.0. The zero-order chi connectivity index (χ0) is 16.1. The number of hydrogen-bond donors (Lipinski definition) is 0. The van der Waals surface area contributed by atoms with Crippen molar-refractivity contribution in [1.82, 2.24) is 15.0 Å². The Bertz CT molecular complexity index is 919. The molecule has 0 unspecified atom stereocenters.